The molecule has 13 rings (SSSR count). The highest BCUT2D eigenvalue weighted by atomic mass is 16.3. The normalized spacial score (nSPS) is 12.0. The lowest BCUT2D eigenvalue weighted by molar-refractivity contribution is 0.669. The first kappa shape index (κ1) is 32.9. The van der Waals surface area contributed by atoms with Crippen molar-refractivity contribution in [3.8, 4) is 39.9 Å². The Bertz CT molecular complexity index is 3800. The average Bonchev–Trinajstić information content (AvgIpc) is 3.84. The van der Waals surface area contributed by atoms with E-state index in [1.807, 2.05) is 36.4 Å². The number of rotatable bonds is 4. The van der Waals surface area contributed by atoms with Gasteiger partial charge in [-0.1, -0.05) is 133 Å². The Morgan fingerprint density at radius 1 is 0.333 bits per heavy atom. The van der Waals surface area contributed by atoms with Gasteiger partial charge in [-0.05, 0) is 98.4 Å². The van der Waals surface area contributed by atoms with E-state index in [-0.39, 0.29) is 0 Å². The lowest BCUT2D eigenvalue weighted by atomic mass is 10.0. The maximum atomic E-state index is 6.59. The highest BCUT2D eigenvalue weighted by Crippen LogP contribution is 2.42. The first-order valence-electron chi connectivity index (χ1n) is 20.3. The summed E-state index contributed by atoms with van der Waals surface area (Å²) in [5.41, 5.74) is 7.91. The molecule has 0 atom stereocenters. The molecule has 60 heavy (non-hydrogen) atoms. The number of aromatic nitrogens is 4. The Hall–Kier alpha value is -8.15. The summed E-state index contributed by atoms with van der Waals surface area (Å²) in [4.78, 5) is 15.3. The zero-order chi connectivity index (χ0) is 39.3. The van der Waals surface area contributed by atoms with Crippen LogP contribution in [-0.4, -0.2) is 19.5 Å². The van der Waals surface area contributed by atoms with Crippen LogP contribution in [0.3, 0.4) is 0 Å². The lowest BCUT2D eigenvalue weighted by Gasteiger charge is -2.13. The second-order valence-corrected chi connectivity index (χ2v) is 15.6. The van der Waals surface area contributed by atoms with Crippen molar-refractivity contribution >= 4 is 86.8 Å². The van der Waals surface area contributed by atoms with E-state index in [2.05, 4.69) is 162 Å². The number of benzene rings is 10. The molecule has 0 spiro atoms. The van der Waals surface area contributed by atoms with E-state index >= 15 is 0 Å². The zero-order valence-electron chi connectivity index (χ0n) is 32.2. The molecule has 0 radical (unpaired) electrons. The van der Waals surface area contributed by atoms with Crippen LogP contribution in [0.5, 0.6) is 0 Å². The molecule has 278 valence electrons. The molecule has 0 saturated heterocycles. The fraction of sp³-hybridized carbons (Fsp3) is 0. The van der Waals surface area contributed by atoms with Crippen LogP contribution < -0.4 is 0 Å². The average molecular weight is 765 g/mol. The van der Waals surface area contributed by atoms with Gasteiger partial charge < -0.3 is 8.98 Å². The van der Waals surface area contributed by atoms with Crippen molar-refractivity contribution in [3.63, 3.8) is 0 Å². The molecular weight excluding hydrogens is 733 g/mol. The SMILES string of the molecule is c1ccc(-c2nc(-c3ccc4oc5ccc6c(-n7c8cc9ccccc9cc8c8cc9ccccc9cc87)cccc6c5c4c3)nc(-c3cccc4ccccc34)n2)cc1. The number of nitrogens with zero attached hydrogens (tertiary/aromatic N) is 4. The summed E-state index contributed by atoms with van der Waals surface area (Å²) in [6.07, 6.45) is 0. The summed E-state index contributed by atoms with van der Waals surface area (Å²) in [5, 5.41) is 13.9. The molecule has 0 aliphatic heterocycles. The van der Waals surface area contributed by atoms with Crippen molar-refractivity contribution in [2.24, 2.45) is 0 Å². The monoisotopic (exact) mass is 764 g/mol. The molecular formula is C55H32N4O. The summed E-state index contributed by atoms with van der Waals surface area (Å²) in [6, 6.07) is 68.7. The van der Waals surface area contributed by atoms with Gasteiger partial charge in [-0.25, -0.2) is 15.0 Å². The highest BCUT2D eigenvalue weighted by molar-refractivity contribution is 6.22. The van der Waals surface area contributed by atoms with E-state index in [0.29, 0.717) is 17.5 Å². The number of furan rings is 1. The third-order valence-electron chi connectivity index (χ3n) is 12.2. The summed E-state index contributed by atoms with van der Waals surface area (Å²) >= 11 is 0. The van der Waals surface area contributed by atoms with Gasteiger partial charge in [0.25, 0.3) is 0 Å². The first-order chi connectivity index (χ1) is 29.7. The standard InChI is InChI=1S/C55H32N4O/c1-2-13-34(14-3-1)53-56-54(58-55(57-53)43-22-10-19-33-12-8-9-20-40(33)43)39-24-26-50-46(30-39)52-42-21-11-23-47(41(42)25-27-51(52)60-50)59-48-31-37-17-6-4-15-35(37)28-44(48)45-29-36-16-5-7-18-38(36)32-49(45)59/h1-32H. The van der Waals surface area contributed by atoms with Crippen LogP contribution >= 0.6 is 0 Å². The van der Waals surface area contributed by atoms with Crippen LogP contribution in [0.2, 0.25) is 0 Å². The molecule has 0 fully saturated rings. The summed E-state index contributed by atoms with van der Waals surface area (Å²) in [7, 11) is 0. The van der Waals surface area contributed by atoms with Gasteiger partial charge in [-0.3, -0.25) is 0 Å². The second-order valence-electron chi connectivity index (χ2n) is 15.6. The van der Waals surface area contributed by atoms with Crippen molar-refractivity contribution in [1.82, 2.24) is 19.5 Å². The van der Waals surface area contributed by atoms with Crippen LogP contribution in [-0.2, 0) is 0 Å². The predicted octanol–water partition coefficient (Wildman–Crippen LogP) is 14.5. The van der Waals surface area contributed by atoms with Gasteiger partial charge in [0.1, 0.15) is 11.2 Å². The highest BCUT2D eigenvalue weighted by Gasteiger charge is 2.20. The Labute approximate surface area is 343 Å². The molecule has 0 unspecified atom stereocenters. The minimum atomic E-state index is 0.605. The van der Waals surface area contributed by atoms with Crippen LogP contribution in [0, 0.1) is 0 Å². The molecule has 0 saturated carbocycles. The molecule has 0 bridgehead atoms. The summed E-state index contributed by atoms with van der Waals surface area (Å²) in [5.74, 6) is 1.87. The second kappa shape index (κ2) is 12.7. The third-order valence-corrected chi connectivity index (χ3v) is 12.2. The Morgan fingerprint density at radius 3 is 1.63 bits per heavy atom. The zero-order valence-corrected chi connectivity index (χ0v) is 32.2. The quantitative estimate of drug-likeness (QED) is 0.179. The maximum Gasteiger partial charge on any atom is 0.164 e. The predicted molar refractivity (Wildman–Crippen MR) is 248 cm³/mol. The van der Waals surface area contributed by atoms with Crippen LogP contribution in [0.25, 0.3) is 127 Å². The van der Waals surface area contributed by atoms with Gasteiger partial charge in [0.05, 0.1) is 16.7 Å². The molecule has 5 heteroatoms. The van der Waals surface area contributed by atoms with Gasteiger partial charge in [-0.15, -0.1) is 0 Å². The van der Waals surface area contributed by atoms with Crippen molar-refractivity contribution < 1.29 is 4.42 Å². The lowest BCUT2D eigenvalue weighted by Crippen LogP contribution is -2.00. The number of fused-ring (bicyclic) bond motifs is 11. The minimum Gasteiger partial charge on any atom is -0.456 e. The van der Waals surface area contributed by atoms with Gasteiger partial charge in [-0.2, -0.15) is 0 Å². The topological polar surface area (TPSA) is 56.7 Å². The number of hydrogen-bond acceptors (Lipinski definition) is 4. The van der Waals surface area contributed by atoms with Crippen molar-refractivity contribution in [2.45, 2.75) is 0 Å². The number of hydrogen-bond donors (Lipinski definition) is 0. The van der Waals surface area contributed by atoms with E-state index in [1.165, 1.54) is 43.4 Å². The van der Waals surface area contributed by atoms with E-state index in [0.717, 1.165) is 65.9 Å². The van der Waals surface area contributed by atoms with Crippen molar-refractivity contribution in [3.05, 3.63) is 194 Å². The molecule has 0 aliphatic rings. The van der Waals surface area contributed by atoms with E-state index < -0.39 is 0 Å². The maximum absolute atomic E-state index is 6.59. The fourth-order valence-corrected chi connectivity index (χ4v) is 9.36. The van der Waals surface area contributed by atoms with Crippen LogP contribution in [0.1, 0.15) is 0 Å². The molecule has 3 aromatic heterocycles. The van der Waals surface area contributed by atoms with Gasteiger partial charge in [0, 0.05) is 43.6 Å². The third kappa shape index (κ3) is 4.96. The minimum absolute atomic E-state index is 0.605. The van der Waals surface area contributed by atoms with Gasteiger partial charge in [0.2, 0.25) is 0 Å². The fourth-order valence-electron chi connectivity index (χ4n) is 9.36. The molecule has 3 heterocycles. The Morgan fingerprint density at radius 2 is 0.900 bits per heavy atom. The Balaban J connectivity index is 1.05. The molecule has 13 aromatic rings. The first-order valence-corrected chi connectivity index (χ1v) is 20.3. The van der Waals surface area contributed by atoms with Gasteiger partial charge in [0.15, 0.2) is 17.5 Å². The molecule has 10 aromatic carbocycles. The Kier molecular flexibility index (Phi) is 6.95. The molecule has 0 N–H and O–H groups in total. The van der Waals surface area contributed by atoms with Crippen molar-refractivity contribution in [2.75, 3.05) is 0 Å². The van der Waals surface area contributed by atoms with E-state index in [4.69, 9.17) is 19.4 Å². The van der Waals surface area contributed by atoms with E-state index in [1.54, 1.807) is 0 Å². The molecule has 5 nitrogen and oxygen atoms in total. The van der Waals surface area contributed by atoms with Gasteiger partial charge >= 0.3 is 0 Å². The van der Waals surface area contributed by atoms with Crippen LogP contribution in [0.15, 0.2) is 199 Å². The van der Waals surface area contributed by atoms with E-state index in [9.17, 15) is 0 Å². The molecule has 0 amide bonds. The largest absolute Gasteiger partial charge is 0.456 e. The van der Waals surface area contributed by atoms with Crippen molar-refractivity contribution in [1.29, 1.82) is 0 Å². The molecule has 0 aliphatic carbocycles. The summed E-state index contributed by atoms with van der Waals surface area (Å²) < 4.78 is 9.05. The van der Waals surface area contributed by atoms with Crippen LogP contribution in [0.4, 0.5) is 0 Å². The summed E-state index contributed by atoms with van der Waals surface area (Å²) in [6.45, 7) is 0. The smallest absolute Gasteiger partial charge is 0.164 e.